The molecule has 0 spiro atoms. The Morgan fingerprint density at radius 3 is 2.19 bits per heavy atom. The molecule has 4 unspecified atom stereocenters. The molecule has 0 saturated heterocycles. The third-order valence-electron chi connectivity index (χ3n) is 7.84. The molecule has 286 valence electrons. The minimum Gasteiger partial charge on any atom is -0.467 e. The molecule has 0 radical (unpaired) electrons. The number of nitrogens with one attached hydrogen (secondary N) is 1. The average Bonchev–Trinajstić information content (AvgIpc) is 3.55. The minimum atomic E-state index is -3.11. The monoisotopic (exact) mass is 728 g/mol. The van der Waals surface area contributed by atoms with E-state index >= 15 is 0 Å². The van der Waals surface area contributed by atoms with Crippen molar-refractivity contribution >= 4 is 23.7 Å². The van der Waals surface area contributed by atoms with Gasteiger partial charge in [0.1, 0.15) is 12.4 Å². The molecule has 3 amide bonds. The van der Waals surface area contributed by atoms with Gasteiger partial charge in [-0.05, 0) is 33.3 Å². The number of likely N-dealkylation sites (N-methyl/N-ethyl adjacent to an activating group) is 1. The zero-order valence-electron chi connectivity index (χ0n) is 30.9. The highest BCUT2D eigenvalue weighted by Crippen LogP contribution is 2.26. The van der Waals surface area contributed by atoms with Gasteiger partial charge in [0, 0.05) is 40.1 Å². The van der Waals surface area contributed by atoms with E-state index in [9.17, 15) is 39.7 Å². The number of rotatable bonds is 20. The molecule has 0 bridgehead atoms. The van der Waals surface area contributed by atoms with Crippen LogP contribution >= 0.6 is 0 Å². The largest absolute Gasteiger partial charge is 0.467 e. The topological polar surface area (TPSA) is 212 Å². The lowest BCUT2D eigenvalue weighted by Gasteiger charge is -2.37. The first-order chi connectivity index (χ1) is 24.5. The Labute approximate surface area is 304 Å². The van der Waals surface area contributed by atoms with E-state index in [1.807, 2.05) is 18.2 Å². The molecule has 4 atom stereocenters. The van der Waals surface area contributed by atoms with Crippen LogP contribution in [-0.2, 0) is 35.1 Å². The number of aromatic nitrogens is 1. The van der Waals surface area contributed by atoms with Crippen LogP contribution < -0.4 is 5.32 Å². The van der Waals surface area contributed by atoms with Crippen molar-refractivity contribution in [1.29, 1.82) is 0 Å². The standard InChI is InChI=1S/C37H52N4O11/c1-26(20-16-13-14-17-21-29-24-39-28(3)52-29)32(44)36(4,5)34(46)38-23-19-15-11-9-10-12-18-22-30(43)41(49)37(48,25-42)35(47)40(6)31(27(2)50-7)33(45)51-8/h9-20,22,24,27,31-32,42,44,48-49H,21,23,25H2,1-8H3,(H,38,46). The fraction of sp³-hybridized carbons (Fsp3) is 0.432. The van der Waals surface area contributed by atoms with Crippen molar-refractivity contribution in [1.82, 2.24) is 20.3 Å². The van der Waals surface area contributed by atoms with Crippen LogP contribution in [0.2, 0.25) is 0 Å². The maximum absolute atomic E-state index is 13.0. The zero-order valence-corrected chi connectivity index (χ0v) is 30.9. The smallest absolute Gasteiger partial charge is 0.331 e. The molecule has 0 saturated carbocycles. The van der Waals surface area contributed by atoms with Gasteiger partial charge >= 0.3 is 5.97 Å². The van der Waals surface area contributed by atoms with Crippen molar-refractivity contribution in [3.05, 3.63) is 102 Å². The Morgan fingerprint density at radius 1 is 1.02 bits per heavy atom. The Hall–Kier alpha value is -4.93. The van der Waals surface area contributed by atoms with E-state index < -0.39 is 53.8 Å². The SMILES string of the molecule is COC(=O)C(C(C)OC)N(C)C(=O)C(O)(CO)N(O)C(=O)C=CC=CC=CC=CCNC(=O)C(C)(C)C(O)C(C)=CC=CC=CCc1cnc(C)o1. The molecule has 15 nitrogen and oxygen atoms in total. The molecule has 5 N–H and O–H groups in total. The summed E-state index contributed by atoms with van der Waals surface area (Å²) < 4.78 is 15.2. The zero-order chi connectivity index (χ0) is 39.5. The van der Waals surface area contributed by atoms with Crippen molar-refractivity contribution in [3.8, 4) is 0 Å². The van der Waals surface area contributed by atoms with Crippen LogP contribution in [0.1, 0.15) is 39.3 Å². The summed E-state index contributed by atoms with van der Waals surface area (Å²) in [7, 11) is 3.48. The van der Waals surface area contributed by atoms with Gasteiger partial charge in [0.25, 0.3) is 17.5 Å². The van der Waals surface area contributed by atoms with Crippen molar-refractivity contribution < 1.29 is 53.6 Å². The molecule has 1 rings (SSSR count). The second kappa shape index (κ2) is 22.1. The summed E-state index contributed by atoms with van der Waals surface area (Å²) in [6.07, 6.45) is 21.1. The normalized spacial score (nSPS) is 15.9. The van der Waals surface area contributed by atoms with Gasteiger partial charge < -0.3 is 39.4 Å². The Morgan fingerprint density at radius 2 is 1.62 bits per heavy atom. The van der Waals surface area contributed by atoms with Gasteiger partial charge in [0.05, 0.1) is 30.9 Å². The van der Waals surface area contributed by atoms with Gasteiger partial charge in [-0.3, -0.25) is 19.6 Å². The van der Waals surface area contributed by atoms with E-state index in [1.165, 1.54) is 32.3 Å². The first-order valence-electron chi connectivity index (χ1n) is 16.3. The van der Waals surface area contributed by atoms with Crippen LogP contribution in [0, 0.1) is 12.3 Å². The third kappa shape index (κ3) is 13.3. The first-order valence-corrected chi connectivity index (χ1v) is 16.3. The first kappa shape index (κ1) is 45.1. The Balaban J connectivity index is 2.64. The number of amides is 3. The van der Waals surface area contributed by atoms with E-state index in [4.69, 9.17) is 9.15 Å². The lowest BCUT2D eigenvalue weighted by molar-refractivity contribution is -0.257. The number of aliphatic hydroxyl groups is 3. The van der Waals surface area contributed by atoms with Gasteiger partial charge in [-0.25, -0.2) is 9.78 Å². The number of aryl methyl sites for hydroxylation is 1. The number of carbonyl (C=O) groups excluding carboxylic acids is 4. The lowest BCUT2D eigenvalue weighted by Crippen LogP contribution is -2.65. The van der Waals surface area contributed by atoms with Gasteiger partial charge in [-0.15, -0.1) is 0 Å². The molecule has 0 aliphatic heterocycles. The van der Waals surface area contributed by atoms with Crippen LogP contribution in [-0.4, -0.2) is 118 Å². The van der Waals surface area contributed by atoms with Crippen LogP contribution in [0.5, 0.6) is 0 Å². The van der Waals surface area contributed by atoms with Crippen molar-refractivity contribution in [2.24, 2.45) is 5.41 Å². The molecule has 0 aromatic carbocycles. The minimum absolute atomic E-state index is 0.203. The molecule has 1 heterocycles. The predicted molar refractivity (Wildman–Crippen MR) is 192 cm³/mol. The Kier molecular flexibility index (Phi) is 19.2. The van der Waals surface area contributed by atoms with Crippen molar-refractivity contribution in [2.45, 2.75) is 65.0 Å². The van der Waals surface area contributed by atoms with Gasteiger partial charge in [-0.2, -0.15) is 5.06 Å². The highest BCUT2D eigenvalue weighted by molar-refractivity contribution is 5.95. The number of hydrogen-bond donors (Lipinski definition) is 5. The molecular weight excluding hydrogens is 676 g/mol. The fourth-order valence-corrected chi connectivity index (χ4v) is 4.54. The number of aliphatic hydroxyl groups excluding tert-OH is 2. The Bertz CT molecular complexity index is 1550. The number of carbonyl (C=O) groups is 4. The second-order valence-corrected chi connectivity index (χ2v) is 12.1. The van der Waals surface area contributed by atoms with Crippen molar-refractivity contribution in [3.63, 3.8) is 0 Å². The molecule has 1 aromatic rings. The molecule has 1 aromatic heterocycles. The van der Waals surface area contributed by atoms with Crippen LogP contribution in [0.3, 0.4) is 0 Å². The van der Waals surface area contributed by atoms with E-state index in [0.717, 1.165) is 26.0 Å². The van der Waals surface area contributed by atoms with Crippen molar-refractivity contribution in [2.75, 3.05) is 34.4 Å². The number of nitrogens with zero attached hydrogens (tertiary/aromatic N) is 3. The maximum atomic E-state index is 13.0. The summed E-state index contributed by atoms with van der Waals surface area (Å²) in [5.74, 6) is -2.45. The number of methoxy groups -OCH3 is 2. The number of esters is 1. The summed E-state index contributed by atoms with van der Waals surface area (Å²) in [5.41, 5.74) is -3.59. The molecule has 0 aliphatic carbocycles. The highest BCUT2D eigenvalue weighted by Gasteiger charge is 2.49. The summed E-state index contributed by atoms with van der Waals surface area (Å²) in [4.78, 5) is 55.2. The summed E-state index contributed by atoms with van der Waals surface area (Å²) in [6.45, 7) is 7.11. The van der Waals surface area contributed by atoms with E-state index in [1.54, 1.807) is 70.3 Å². The van der Waals surface area contributed by atoms with E-state index in [2.05, 4.69) is 15.0 Å². The quantitative estimate of drug-likeness (QED) is 0.0327. The van der Waals surface area contributed by atoms with Crippen LogP contribution in [0.15, 0.2) is 95.2 Å². The number of allylic oxidation sites excluding steroid dienone is 11. The molecule has 15 heteroatoms. The lowest BCUT2D eigenvalue weighted by atomic mass is 9.81. The number of oxazole rings is 1. The van der Waals surface area contributed by atoms with E-state index in [0.29, 0.717) is 22.8 Å². The molecule has 0 aliphatic rings. The molecule has 0 fully saturated rings. The maximum Gasteiger partial charge on any atom is 0.331 e. The number of ether oxygens (including phenoxy) is 2. The third-order valence-corrected chi connectivity index (χ3v) is 7.84. The fourth-order valence-electron chi connectivity index (χ4n) is 4.54. The highest BCUT2D eigenvalue weighted by atomic mass is 16.6. The molecule has 52 heavy (non-hydrogen) atoms. The van der Waals surface area contributed by atoms with E-state index in [-0.39, 0.29) is 17.5 Å². The van der Waals surface area contributed by atoms with Gasteiger partial charge in [0.15, 0.2) is 11.9 Å². The number of hydrogen-bond acceptors (Lipinski definition) is 12. The van der Waals surface area contributed by atoms with Crippen LogP contribution in [0.25, 0.3) is 0 Å². The average molecular weight is 729 g/mol. The van der Waals surface area contributed by atoms with Gasteiger partial charge in [-0.1, -0.05) is 72.9 Å². The van der Waals surface area contributed by atoms with Crippen LogP contribution in [0.4, 0.5) is 0 Å². The van der Waals surface area contributed by atoms with Gasteiger partial charge in [0.2, 0.25) is 5.91 Å². The second-order valence-electron chi connectivity index (χ2n) is 12.1. The number of hydroxylamine groups is 2. The summed E-state index contributed by atoms with van der Waals surface area (Å²) >= 11 is 0. The predicted octanol–water partition coefficient (Wildman–Crippen LogP) is 2.25. The molecular formula is C37H52N4O11. The summed E-state index contributed by atoms with van der Waals surface area (Å²) in [5, 5.41) is 44.0. The summed E-state index contributed by atoms with van der Waals surface area (Å²) in [6, 6.07) is -1.36.